The first-order chi connectivity index (χ1) is 7.63. The van der Waals surface area contributed by atoms with E-state index >= 15 is 0 Å². The number of hydrogen-bond acceptors (Lipinski definition) is 5. The Labute approximate surface area is 96.4 Å². The quantitative estimate of drug-likeness (QED) is 0.675. The van der Waals surface area contributed by atoms with E-state index in [2.05, 4.69) is 10.5 Å². The van der Waals surface area contributed by atoms with Crippen LogP contribution in [0.5, 0.6) is 0 Å². The number of carbonyl (C=O) groups excluding carboxylic acids is 1. The Morgan fingerprint density at radius 3 is 3.06 bits per heavy atom. The summed E-state index contributed by atoms with van der Waals surface area (Å²) in [5.41, 5.74) is 0.788. The summed E-state index contributed by atoms with van der Waals surface area (Å²) >= 11 is 1.36. The van der Waals surface area contributed by atoms with Crippen LogP contribution in [0.25, 0.3) is 0 Å². The molecule has 0 spiro atoms. The van der Waals surface area contributed by atoms with Gasteiger partial charge in [0.1, 0.15) is 11.8 Å². The monoisotopic (exact) mass is 244 g/mol. The molecule has 16 heavy (non-hydrogen) atoms. The third-order valence-corrected chi connectivity index (χ3v) is 2.83. The van der Waals surface area contributed by atoms with E-state index in [0.29, 0.717) is 17.9 Å². The minimum atomic E-state index is -1.05. The zero-order valence-corrected chi connectivity index (χ0v) is 9.49. The van der Waals surface area contributed by atoms with Gasteiger partial charge in [-0.2, -0.15) is 11.8 Å². The van der Waals surface area contributed by atoms with Crippen LogP contribution in [0.2, 0.25) is 0 Å². The number of nitrogens with zero attached hydrogens (tertiary/aromatic N) is 1. The van der Waals surface area contributed by atoms with Crippen LogP contribution in [-0.4, -0.2) is 34.4 Å². The number of nitrogens with one attached hydrogen (secondary N) is 1. The van der Waals surface area contributed by atoms with Gasteiger partial charge in [-0.15, -0.1) is 0 Å². The normalized spacial score (nSPS) is 12.1. The van der Waals surface area contributed by atoms with Crippen LogP contribution in [0.3, 0.4) is 0 Å². The lowest BCUT2D eigenvalue weighted by atomic mass is 10.3. The molecule has 0 saturated carbocycles. The van der Waals surface area contributed by atoms with Crippen LogP contribution in [0.15, 0.2) is 10.6 Å². The van der Waals surface area contributed by atoms with Crippen molar-refractivity contribution in [3.63, 3.8) is 0 Å². The average molecular weight is 244 g/mol. The van der Waals surface area contributed by atoms with E-state index in [1.165, 1.54) is 11.8 Å². The second kappa shape index (κ2) is 6.16. The largest absolute Gasteiger partial charge is 0.480 e. The standard InChI is InChI=1S/C9H12N2O4S/c1-6-2-7(15-11-6)3-16-4-8(9(13)14)10-5-12/h2,5,8H,3-4H2,1H3,(H,10,12)(H,13,14). The van der Waals surface area contributed by atoms with Gasteiger partial charge in [0.2, 0.25) is 6.41 Å². The van der Waals surface area contributed by atoms with Crippen molar-refractivity contribution in [3.05, 3.63) is 17.5 Å². The highest BCUT2D eigenvalue weighted by Gasteiger charge is 2.16. The minimum absolute atomic E-state index is 0.286. The molecule has 1 rings (SSSR count). The number of amides is 1. The SMILES string of the molecule is Cc1cc(CSCC(NC=O)C(=O)O)on1. The summed E-state index contributed by atoms with van der Waals surface area (Å²) in [7, 11) is 0. The maximum atomic E-state index is 10.7. The Morgan fingerprint density at radius 1 is 1.81 bits per heavy atom. The third kappa shape index (κ3) is 3.93. The molecule has 0 fully saturated rings. The van der Waals surface area contributed by atoms with Crippen molar-refractivity contribution in [2.45, 2.75) is 18.7 Å². The predicted octanol–water partition coefficient (Wildman–Crippen LogP) is 0.415. The number of thioether (sulfide) groups is 1. The average Bonchev–Trinajstić information content (AvgIpc) is 2.63. The molecule has 0 aliphatic carbocycles. The maximum absolute atomic E-state index is 10.7. The van der Waals surface area contributed by atoms with E-state index in [4.69, 9.17) is 9.63 Å². The summed E-state index contributed by atoms with van der Waals surface area (Å²) in [6, 6.07) is 0.919. The molecule has 1 atom stereocenters. The Kier molecular flexibility index (Phi) is 4.84. The van der Waals surface area contributed by atoms with Gasteiger partial charge >= 0.3 is 5.97 Å². The summed E-state index contributed by atoms with van der Waals surface area (Å²) < 4.78 is 4.96. The first kappa shape index (κ1) is 12.6. The lowest BCUT2D eigenvalue weighted by molar-refractivity contribution is -0.139. The number of aryl methyl sites for hydroxylation is 1. The zero-order valence-electron chi connectivity index (χ0n) is 8.67. The van der Waals surface area contributed by atoms with Gasteiger partial charge in [-0.05, 0) is 6.92 Å². The molecule has 0 aliphatic heterocycles. The third-order valence-electron chi connectivity index (χ3n) is 1.77. The van der Waals surface area contributed by atoms with Crippen molar-refractivity contribution in [1.29, 1.82) is 0 Å². The van der Waals surface area contributed by atoms with Gasteiger partial charge in [0.25, 0.3) is 0 Å². The van der Waals surface area contributed by atoms with Crippen LogP contribution in [-0.2, 0) is 15.3 Å². The highest BCUT2D eigenvalue weighted by molar-refractivity contribution is 7.98. The molecule has 2 N–H and O–H groups in total. The molecular weight excluding hydrogens is 232 g/mol. The van der Waals surface area contributed by atoms with Gasteiger partial charge in [0, 0.05) is 11.8 Å². The molecule has 1 aromatic heterocycles. The first-order valence-corrected chi connectivity index (χ1v) is 5.71. The van der Waals surface area contributed by atoms with Crippen molar-refractivity contribution in [2.75, 3.05) is 5.75 Å². The van der Waals surface area contributed by atoms with E-state index < -0.39 is 12.0 Å². The van der Waals surface area contributed by atoms with Gasteiger partial charge in [-0.3, -0.25) is 4.79 Å². The molecule has 1 heterocycles. The Balaban J connectivity index is 2.33. The van der Waals surface area contributed by atoms with Crippen LogP contribution >= 0.6 is 11.8 Å². The summed E-state index contributed by atoms with van der Waals surface area (Å²) in [5.74, 6) is 0.463. The fourth-order valence-corrected chi connectivity index (χ4v) is 1.96. The van der Waals surface area contributed by atoms with Crippen molar-refractivity contribution >= 4 is 24.1 Å². The molecule has 1 amide bonds. The van der Waals surface area contributed by atoms with Crippen LogP contribution in [0, 0.1) is 6.92 Å². The number of carboxylic acids is 1. The second-order valence-corrected chi connectivity index (χ2v) is 4.16. The highest BCUT2D eigenvalue weighted by Crippen LogP contribution is 2.13. The first-order valence-electron chi connectivity index (χ1n) is 4.56. The molecule has 0 aromatic carbocycles. The molecule has 7 heteroatoms. The molecule has 88 valence electrons. The number of aliphatic carboxylic acids is 1. The van der Waals surface area contributed by atoms with E-state index in [-0.39, 0.29) is 5.75 Å². The van der Waals surface area contributed by atoms with E-state index in [1.54, 1.807) is 6.07 Å². The number of hydrogen-bond donors (Lipinski definition) is 2. The number of carbonyl (C=O) groups is 2. The Bertz CT molecular complexity index is 366. The van der Waals surface area contributed by atoms with E-state index in [0.717, 1.165) is 5.69 Å². The summed E-state index contributed by atoms with van der Waals surface area (Å²) in [6.07, 6.45) is 0.387. The summed E-state index contributed by atoms with van der Waals surface area (Å²) in [5, 5.41) is 14.7. The van der Waals surface area contributed by atoms with Crippen molar-refractivity contribution in [2.24, 2.45) is 0 Å². The zero-order chi connectivity index (χ0) is 12.0. The Hall–Kier alpha value is -1.50. The molecule has 1 unspecified atom stereocenters. The van der Waals surface area contributed by atoms with Gasteiger partial charge < -0.3 is 14.9 Å². The van der Waals surface area contributed by atoms with Crippen LogP contribution in [0.1, 0.15) is 11.5 Å². The lowest BCUT2D eigenvalue weighted by Gasteiger charge is -2.09. The topological polar surface area (TPSA) is 92.4 Å². The van der Waals surface area contributed by atoms with Crippen molar-refractivity contribution < 1.29 is 19.2 Å². The number of aromatic nitrogens is 1. The summed E-state index contributed by atoms with van der Waals surface area (Å²) in [6.45, 7) is 1.81. The van der Waals surface area contributed by atoms with Gasteiger partial charge in [-0.1, -0.05) is 5.16 Å². The minimum Gasteiger partial charge on any atom is -0.480 e. The lowest BCUT2D eigenvalue weighted by Crippen LogP contribution is -2.37. The number of rotatable bonds is 7. The second-order valence-electron chi connectivity index (χ2n) is 3.13. The predicted molar refractivity (Wildman–Crippen MR) is 58.0 cm³/mol. The molecule has 1 aromatic rings. The summed E-state index contributed by atoms with van der Waals surface area (Å²) in [4.78, 5) is 20.8. The van der Waals surface area contributed by atoms with Crippen molar-refractivity contribution in [3.8, 4) is 0 Å². The Morgan fingerprint density at radius 2 is 2.56 bits per heavy atom. The molecule has 0 aliphatic rings. The molecule has 0 saturated heterocycles. The molecule has 6 nitrogen and oxygen atoms in total. The smallest absolute Gasteiger partial charge is 0.327 e. The van der Waals surface area contributed by atoms with E-state index in [9.17, 15) is 9.59 Å². The van der Waals surface area contributed by atoms with Gasteiger partial charge in [-0.25, -0.2) is 4.79 Å². The molecular formula is C9H12N2O4S. The van der Waals surface area contributed by atoms with Crippen molar-refractivity contribution in [1.82, 2.24) is 10.5 Å². The van der Waals surface area contributed by atoms with Crippen LogP contribution < -0.4 is 5.32 Å². The highest BCUT2D eigenvalue weighted by atomic mass is 32.2. The van der Waals surface area contributed by atoms with E-state index in [1.807, 2.05) is 6.92 Å². The van der Waals surface area contributed by atoms with Gasteiger partial charge in [0.15, 0.2) is 0 Å². The fraction of sp³-hybridized carbons (Fsp3) is 0.444. The maximum Gasteiger partial charge on any atom is 0.327 e. The van der Waals surface area contributed by atoms with Crippen LogP contribution in [0.4, 0.5) is 0 Å². The molecule has 0 bridgehead atoms. The molecule has 0 radical (unpaired) electrons. The fourth-order valence-electron chi connectivity index (χ4n) is 1.03. The number of carboxylic acid groups (broad SMARTS) is 1. The van der Waals surface area contributed by atoms with Gasteiger partial charge in [0.05, 0.1) is 11.4 Å².